The van der Waals surface area contributed by atoms with E-state index in [1.807, 2.05) is 0 Å². The Balaban J connectivity index is 1.95. The standard InChI is InChI=1S/C15H30N2O/c1-3-15(4-2,13-18)12-16-8-6-10-17-9-5-7-14(17)11-16/h14,18H,3-13H2,1-2H3. The van der Waals surface area contributed by atoms with Crippen molar-refractivity contribution in [2.75, 3.05) is 39.3 Å². The number of nitrogens with zero attached hydrogens (tertiary/aromatic N) is 2. The first-order valence-corrected chi connectivity index (χ1v) is 7.80. The van der Waals surface area contributed by atoms with Gasteiger partial charge >= 0.3 is 0 Å². The number of rotatable bonds is 5. The van der Waals surface area contributed by atoms with Gasteiger partial charge in [0.25, 0.3) is 0 Å². The van der Waals surface area contributed by atoms with Crippen LogP contribution in [0.5, 0.6) is 0 Å². The third kappa shape index (κ3) is 3.06. The van der Waals surface area contributed by atoms with Crippen molar-refractivity contribution in [3.8, 4) is 0 Å². The van der Waals surface area contributed by atoms with Crippen LogP contribution in [0.1, 0.15) is 46.0 Å². The second-order valence-corrected chi connectivity index (χ2v) is 6.29. The number of aliphatic hydroxyl groups is 1. The Bertz CT molecular complexity index is 245. The minimum absolute atomic E-state index is 0.133. The molecule has 106 valence electrons. The monoisotopic (exact) mass is 254 g/mol. The molecular weight excluding hydrogens is 224 g/mol. The molecule has 2 fully saturated rings. The molecule has 1 unspecified atom stereocenters. The SMILES string of the molecule is CCC(CC)(CO)CN1CCCN2CCCC2C1. The average molecular weight is 254 g/mol. The average Bonchev–Trinajstić information content (AvgIpc) is 2.75. The molecule has 0 amide bonds. The maximum Gasteiger partial charge on any atom is 0.0499 e. The Morgan fingerprint density at radius 3 is 2.50 bits per heavy atom. The summed E-state index contributed by atoms with van der Waals surface area (Å²) in [6.07, 6.45) is 6.23. The zero-order valence-corrected chi connectivity index (χ0v) is 12.2. The molecular formula is C15H30N2O. The molecule has 0 aromatic carbocycles. The van der Waals surface area contributed by atoms with Gasteiger partial charge in [0, 0.05) is 31.2 Å². The highest BCUT2D eigenvalue weighted by Gasteiger charge is 2.33. The highest BCUT2D eigenvalue weighted by atomic mass is 16.3. The fourth-order valence-corrected chi connectivity index (χ4v) is 3.65. The second kappa shape index (κ2) is 6.36. The lowest BCUT2D eigenvalue weighted by atomic mass is 9.82. The van der Waals surface area contributed by atoms with Crippen LogP contribution in [-0.2, 0) is 0 Å². The number of hydrogen-bond donors (Lipinski definition) is 1. The van der Waals surface area contributed by atoms with Crippen molar-refractivity contribution in [2.45, 2.75) is 52.0 Å². The maximum atomic E-state index is 9.73. The molecule has 0 saturated carbocycles. The van der Waals surface area contributed by atoms with E-state index in [0.29, 0.717) is 6.61 Å². The van der Waals surface area contributed by atoms with E-state index in [2.05, 4.69) is 23.6 Å². The van der Waals surface area contributed by atoms with Gasteiger partial charge in [-0.25, -0.2) is 0 Å². The fourth-order valence-electron chi connectivity index (χ4n) is 3.65. The minimum Gasteiger partial charge on any atom is -0.396 e. The molecule has 18 heavy (non-hydrogen) atoms. The quantitative estimate of drug-likeness (QED) is 0.812. The van der Waals surface area contributed by atoms with E-state index in [1.165, 1.54) is 45.4 Å². The molecule has 0 bridgehead atoms. The molecule has 2 rings (SSSR count). The summed E-state index contributed by atoms with van der Waals surface area (Å²) in [5.74, 6) is 0. The van der Waals surface area contributed by atoms with Crippen LogP contribution < -0.4 is 0 Å². The predicted octanol–water partition coefficient (Wildman–Crippen LogP) is 1.96. The molecule has 2 saturated heterocycles. The van der Waals surface area contributed by atoms with E-state index in [1.54, 1.807) is 0 Å². The van der Waals surface area contributed by atoms with Crippen molar-refractivity contribution in [2.24, 2.45) is 5.41 Å². The Morgan fingerprint density at radius 1 is 1.11 bits per heavy atom. The third-order valence-electron chi connectivity index (χ3n) is 5.28. The lowest BCUT2D eigenvalue weighted by Gasteiger charge is -2.36. The summed E-state index contributed by atoms with van der Waals surface area (Å²) in [6.45, 7) is 10.9. The molecule has 0 aromatic heterocycles. The van der Waals surface area contributed by atoms with E-state index < -0.39 is 0 Å². The largest absolute Gasteiger partial charge is 0.396 e. The summed E-state index contributed by atoms with van der Waals surface area (Å²) in [4.78, 5) is 5.30. The van der Waals surface area contributed by atoms with Crippen molar-refractivity contribution < 1.29 is 5.11 Å². The Morgan fingerprint density at radius 2 is 1.83 bits per heavy atom. The van der Waals surface area contributed by atoms with Gasteiger partial charge in [-0.05, 0) is 51.7 Å². The van der Waals surface area contributed by atoms with Gasteiger partial charge in [-0.15, -0.1) is 0 Å². The molecule has 0 aromatic rings. The van der Waals surface area contributed by atoms with Gasteiger partial charge < -0.3 is 10.0 Å². The summed E-state index contributed by atoms with van der Waals surface area (Å²) in [6, 6.07) is 0.789. The third-order valence-corrected chi connectivity index (χ3v) is 5.28. The van der Waals surface area contributed by atoms with Crippen molar-refractivity contribution in [3.05, 3.63) is 0 Å². The van der Waals surface area contributed by atoms with Crippen LogP contribution in [0.4, 0.5) is 0 Å². The zero-order chi connectivity index (χ0) is 13.0. The molecule has 3 nitrogen and oxygen atoms in total. The minimum atomic E-state index is 0.133. The summed E-state index contributed by atoms with van der Waals surface area (Å²) < 4.78 is 0. The molecule has 1 atom stereocenters. The van der Waals surface area contributed by atoms with Crippen LogP contribution in [-0.4, -0.2) is 60.3 Å². The van der Waals surface area contributed by atoms with E-state index in [4.69, 9.17) is 0 Å². The lowest BCUT2D eigenvalue weighted by molar-refractivity contribution is 0.0628. The van der Waals surface area contributed by atoms with Gasteiger partial charge in [0.05, 0.1) is 0 Å². The predicted molar refractivity (Wildman–Crippen MR) is 75.8 cm³/mol. The molecule has 1 N–H and O–H groups in total. The van der Waals surface area contributed by atoms with Crippen LogP contribution in [0, 0.1) is 5.41 Å². The van der Waals surface area contributed by atoms with Gasteiger partial charge in [0.15, 0.2) is 0 Å². The van der Waals surface area contributed by atoms with E-state index in [0.717, 1.165) is 25.4 Å². The molecule has 2 aliphatic heterocycles. The summed E-state index contributed by atoms with van der Waals surface area (Å²) in [5.41, 5.74) is 0.133. The summed E-state index contributed by atoms with van der Waals surface area (Å²) in [5, 5.41) is 9.73. The van der Waals surface area contributed by atoms with Gasteiger partial charge in [0.2, 0.25) is 0 Å². The van der Waals surface area contributed by atoms with Crippen molar-refractivity contribution in [1.82, 2.24) is 9.80 Å². The lowest BCUT2D eigenvalue weighted by Crippen LogP contribution is -2.43. The van der Waals surface area contributed by atoms with Gasteiger partial charge in [0.1, 0.15) is 0 Å². The van der Waals surface area contributed by atoms with Crippen molar-refractivity contribution in [1.29, 1.82) is 0 Å². The molecule has 3 heteroatoms. The smallest absolute Gasteiger partial charge is 0.0499 e. The topological polar surface area (TPSA) is 26.7 Å². The first kappa shape index (κ1) is 14.3. The normalized spacial score (nSPS) is 27.2. The van der Waals surface area contributed by atoms with Crippen LogP contribution in [0.2, 0.25) is 0 Å². The van der Waals surface area contributed by atoms with Crippen molar-refractivity contribution >= 4 is 0 Å². The zero-order valence-electron chi connectivity index (χ0n) is 12.2. The Kier molecular flexibility index (Phi) is 5.05. The van der Waals surface area contributed by atoms with E-state index in [9.17, 15) is 5.11 Å². The summed E-state index contributed by atoms with van der Waals surface area (Å²) in [7, 11) is 0. The van der Waals surface area contributed by atoms with E-state index >= 15 is 0 Å². The second-order valence-electron chi connectivity index (χ2n) is 6.29. The molecule has 0 aliphatic carbocycles. The highest BCUT2D eigenvalue weighted by molar-refractivity contribution is 4.88. The summed E-state index contributed by atoms with van der Waals surface area (Å²) >= 11 is 0. The number of fused-ring (bicyclic) bond motifs is 1. The van der Waals surface area contributed by atoms with E-state index in [-0.39, 0.29) is 5.41 Å². The first-order valence-electron chi connectivity index (χ1n) is 7.80. The van der Waals surface area contributed by atoms with Crippen molar-refractivity contribution in [3.63, 3.8) is 0 Å². The maximum absolute atomic E-state index is 9.73. The van der Waals surface area contributed by atoms with Crippen LogP contribution in [0.25, 0.3) is 0 Å². The highest BCUT2D eigenvalue weighted by Crippen LogP contribution is 2.29. The molecule has 2 aliphatic rings. The van der Waals surface area contributed by atoms with Crippen LogP contribution in [0.3, 0.4) is 0 Å². The van der Waals surface area contributed by atoms with Gasteiger partial charge in [-0.2, -0.15) is 0 Å². The Labute approximate surface area is 112 Å². The number of hydrogen-bond acceptors (Lipinski definition) is 3. The van der Waals surface area contributed by atoms with Crippen LogP contribution >= 0.6 is 0 Å². The van der Waals surface area contributed by atoms with Crippen LogP contribution in [0.15, 0.2) is 0 Å². The molecule has 0 radical (unpaired) electrons. The van der Waals surface area contributed by atoms with Gasteiger partial charge in [-0.1, -0.05) is 13.8 Å². The first-order chi connectivity index (χ1) is 8.73. The Hall–Kier alpha value is -0.120. The fraction of sp³-hybridized carbons (Fsp3) is 1.00. The van der Waals surface area contributed by atoms with Gasteiger partial charge in [-0.3, -0.25) is 4.90 Å². The number of aliphatic hydroxyl groups excluding tert-OH is 1. The molecule has 2 heterocycles. The molecule has 0 spiro atoms.